The molecule has 4 rings (SSSR count). The Balaban J connectivity index is 1.76. The summed E-state index contributed by atoms with van der Waals surface area (Å²) in [7, 11) is 0.845. The minimum atomic E-state index is -5.49. The molecule has 2 saturated heterocycles. The van der Waals surface area contributed by atoms with Crippen molar-refractivity contribution in [1.82, 2.24) is 9.96 Å². The summed E-state index contributed by atoms with van der Waals surface area (Å²) in [4.78, 5) is 28.0. The molecule has 0 spiro atoms. The molecule has 2 fully saturated rings. The highest BCUT2D eigenvalue weighted by atomic mass is 35.5. The van der Waals surface area contributed by atoms with Crippen molar-refractivity contribution < 1.29 is 54.7 Å². The van der Waals surface area contributed by atoms with Crippen LogP contribution < -0.4 is 14.5 Å². The molecule has 2 heterocycles. The number of hydrogen-bond donors (Lipinski definition) is 1. The standard InChI is InChI=1S/C23H19ClF8N4O4/c1-33(15-3-2-14(25)17(24)18(15)26)21(38)40-19-13(23(30,31)32)6-12(22(27,28)29)7-16(19)36-5-4-34(20(36)37)8-11-9-35(39)10-11/h2-3,6-7,11,39H,4-5,8-10H2,1H3. The number of alkyl halides is 6. The number of amides is 3. The van der Waals surface area contributed by atoms with E-state index in [0.717, 1.165) is 18.2 Å². The summed E-state index contributed by atoms with van der Waals surface area (Å²) < 4.78 is 116. The van der Waals surface area contributed by atoms with Gasteiger partial charge in [-0.15, -0.1) is 0 Å². The lowest BCUT2D eigenvalue weighted by atomic mass is 10.0. The average molecular weight is 603 g/mol. The van der Waals surface area contributed by atoms with Gasteiger partial charge < -0.3 is 14.8 Å². The number of rotatable bonds is 5. The van der Waals surface area contributed by atoms with Gasteiger partial charge in [0.05, 0.1) is 16.9 Å². The second-order valence-electron chi connectivity index (χ2n) is 9.11. The van der Waals surface area contributed by atoms with Crippen LogP contribution in [-0.4, -0.2) is 67.1 Å². The molecule has 0 saturated carbocycles. The maximum Gasteiger partial charge on any atom is 0.420 e. The van der Waals surface area contributed by atoms with Crippen LogP contribution in [0, 0.1) is 17.6 Å². The molecule has 2 aliphatic heterocycles. The smallest absolute Gasteiger partial charge is 0.407 e. The van der Waals surface area contributed by atoms with Crippen molar-refractivity contribution in [3.05, 3.63) is 52.0 Å². The number of ether oxygens (including phenoxy) is 1. The molecular weight excluding hydrogens is 584 g/mol. The van der Waals surface area contributed by atoms with Gasteiger partial charge in [-0.3, -0.25) is 9.80 Å². The molecule has 2 aromatic carbocycles. The number of urea groups is 1. The van der Waals surface area contributed by atoms with E-state index < -0.39 is 69.4 Å². The molecular formula is C23H19ClF8N4O4. The van der Waals surface area contributed by atoms with Gasteiger partial charge in [0.15, 0.2) is 11.6 Å². The molecule has 2 aromatic rings. The Kier molecular flexibility index (Phi) is 7.81. The molecule has 0 atom stereocenters. The number of carbonyl (C=O) groups is 2. The van der Waals surface area contributed by atoms with Gasteiger partial charge >= 0.3 is 24.5 Å². The Morgan fingerprint density at radius 1 is 1.10 bits per heavy atom. The van der Waals surface area contributed by atoms with Crippen LogP contribution >= 0.6 is 11.6 Å². The third-order valence-electron chi connectivity index (χ3n) is 6.34. The summed E-state index contributed by atoms with van der Waals surface area (Å²) >= 11 is 5.49. The molecule has 0 radical (unpaired) electrons. The molecule has 0 aromatic heterocycles. The van der Waals surface area contributed by atoms with Crippen molar-refractivity contribution >= 4 is 35.1 Å². The maximum absolute atomic E-state index is 14.4. The predicted octanol–water partition coefficient (Wildman–Crippen LogP) is 5.85. The summed E-state index contributed by atoms with van der Waals surface area (Å²) in [6, 6.07) is 0.430. The van der Waals surface area contributed by atoms with E-state index in [0.29, 0.717) is 15.9 Å². The van der Waals surface area contributed by atoms with Crippen molar-refractivity contribution in [1.29, 1.82) is 0 Å². The molecule has 3 amide bonds. The number of halogens is 9. The molecule has 0 bridgehead atoms. The van der Waals surface area contributed by atoms with Gasteiger partial charge in [0, 0.05) is 45.7 Å². The molecule has 0 aliphatic carbocycles. The lowest BCUT2D eigenvalue weighted by Crippen LogP contribution is -2.50. The van der Waals surface area contributed by atoms with Crippen LogP contribution in [0.15, 0.2) is 24.3 Å². The molecule has 1 N–H and O–H groups in total. The van der Waals surface area contributed by atoms with Gasteiger partial charge in [-0.1, -0.05) is 11.6 Å². The van der Waals surface area contributed by atoms with Gasteiger partial charge in [0.1, 0.15) is 16.4 Å². The molecule has 8 nitrogen and oxygen atoms in total. The number of carbonyl (C=O) groups excluding carboxylic acids is 2. The molecule has 17 heteroatoms. The maximum atomic E-state index is 14.4. The van der Waals surface area contributed by atoms with Gasteiger partial charge in [-0.05, 0) is 24.3 Å². The van der Waals surface area contributed by atoms with Crippen molar-refractivity contribution in [2.24, 2.45) is 5.92 Å². The van der Waals surface area contributed by atoms with Crippen LogP contribution in [0.25, 0.3) is 0 Å². The number of nitrogens with zero attached hydrogens (tertiary/aromatic N) is 4. The fourth-order valence-electron chi connectivity index (χ4n) is 4.27. The van der Waals surface area contributed by atoms with E-state index in [1.165, 1.54) is 4.90 Å². The third-order valence-corrected chi connectivity index (χ3v) is 6.69. The molecule has 0 unspecified atom stereocenters. The van der Waals surface area contributed by atoms with E-state index in [9.17, 15) is 49.9 Å². The van der Waals surface area contributed by atoms with E-state index in [-0.39, 0.29) is 50.8 Å². The Hall–Kier alpha value is -3.37. The lowest BCUT2D eigenvalue weighted by molar-refractivity contribution is -0.169. The fraction of sp³-hybridized carbons (Fsp3) is 0.391. The monoisotopic (exact) mass is 602 g/mol. The first kappa shape index (κ1) is 29.6. The number of hydrogen-bond acceptors (Lipinski definition) is 5. The zero-order valence-electron chi connectivity index (χ0n) is 20.3. The van der Waals surface area contributed by atoms with Gasteiger partial charge in [-0.2, -0.15) is 31.4 Å². The van der Waals surface area contributed by atoms with E-state index in [2.05, 4.69) is 0 Å². The zero-order valence-corrected chi connectivity index (χ0v) is 21.0. The van der Waals surface area contributed by atoms with Crippen LogP contribution in [-0.2, 0) is 12.4 Å². The predicted molar refractivity (Wildman–Crippen MR) is 123 cm³/mol. The lowest BCUT2D eigenvalue weighted by Gasteiger charge is -2.36. The van der Waals surface area contributed by atoms with Crippen molar-refractivity contribution in [2.45, 2.75) is 12.4 Å². The summed E-state index contributed by atoms with van der Waals surface area (Å²) in [5.74, 6) is -4.25. The summed E-state index contributed by atoms with van der Waals surface area (Å²) in [5.41, 5.74) is -5.48. The van der Waals surface area contributed by atoms with E-state index >= 15 is 0 Å². The topological polar surface area (TPSA) is 76.6 Å². The molecule has 40 heavy (non-hydrogen) atoms. The normalized spacial score (nSPS) is 16.9. The van der Waals surface area contributed by atoms with Crippen LogP contribution in [0.4, 0.5) is 56.1 Å². The van der Waals surface area contributed by atoms with Gasteiger partial charge in [0.25, 0.3) is 0 Å². The Morgan fingerprint density at radius 3 is 2.33 bits per heavy atom. The largest absolute Gasteiger partial charge is 0.420 e. The van der Waals surface area contributed by atoms with Crippen molar-refractivity contribution in [3.8, 4) is 5.75 Å². The number of hydroxylamine groups is 2. The average Bonchev–Trinajstić information content (AvgIpc) is 3.19. The van der Waals surface area contributed by atoms with Gasteiger partial charge in [0.2, 0.25) is 0 Å². The molecule has 2 aliphatic rings. The summed E-state index contributed by atoms with van der Waals surface area (Å²) in [6.07, 6.45) is -12.5. The van der Waals surface area contributed by atoms with Crippen molar-refractivity contribution in [3.63, 3.8) is 0 Å². The minimum Gasteiger partial charge on any atom is -0.407 e. The Bertz CT molecular complexity index is 1330. The summed E-state index contributed by atoms with van der Waals surface area (Å²) in [5, 5.41) is 9.24. The van der Waals surface area contributed by atoms with E-state index in [1.807, 2.05) is 0 Å². The quantitative estimate of drug-likeness (QED) is 0.343. The second kappa shape index (κ2) is 10.6. The first-order valence-electron chi connectivity index (χ1n) is 11.4. The first-order valence-corrected chi connectivity index (χ1v) is 11.8. The van der Waals surface area contributed by atoms with Crippen LogP contribution in [0.2, 0.25) is 5.02 Å². The summed E-state index contributed by atoms with van der Waals surface area (Å²) in [6.45, 7) is 0.0654. The highest BCUT2D eigenvalue weighted by Crippen LogP contribution is 2.47. The zero-order chi connectivity index (χ0) is 29.7. The van der Waals surface area contributed by atoms with E-state index in [4.69, 9.17) is 16.3 Å². The van der Waals surface area contributed by atoms with Crippen molar-refractivity contribution in [2.75, 3.05) is 49.6 Å². The third kappa shape index (κ3) is 5.74. The van der Waals surface area contributed by atoms with Gasteiger partial charge in [-0.25, -0.2) is 18.4 Å². The fourth-order valence-corrected chi connectivity index (χ4v) is 4.43. The Morgan fingerprint density at radius 2 is 1.75 bits per heavy atom. The van der Waals surface area contributed by atoms with Crippen LogP contribution in [0.1, 0.15) is 11.1 Å². The SMILES string of the molecule is CN(C(=O)Oc1c(N2CCN(CC3CN(O)C3)C2=O)cc(C(F)(F)F)cc1C(F)(F)F)c1ccc(F)c(Cl)c1F. The number of benzene rings is 2. The molecule has 218 valence electrons. The second-order valence-corrected chi connectivity index (χ2v) is 9.48. The first-order chi connectivity index (χ1) is 18.5. The number of anilines is 2. The highest BCUT2D eigenvalue weighted by molar-refractivity contribution is 6.31. The highest BCUT2D eigenvalue weighted by Gasteiger charge is 2.44. The minimum absolute atomic E-state index is 0.0694. The van der Waals surface area contributed by atoms with Crippen LogP contribution in [0.5, 0.6) is 5.75 Å². The van der Waals surface area contributed by atoms with E-state index in [1.54, 1.807) is 0 Å². The Labute approximate surface area is 225 Å². The van der Waals surface area contributed by atoms with Crippen LogP contribution in [0.3, 0.4) is 0 Å².